The molecule has 108 valence electrons. The molecule has 0 aliphatic rings. The Labute approximate surface area is 114 Å². The monoisotopic (exact) mass is 287 g/mol. The molecule has 0 aliphatic heterocycles. The number of nitrogens with two attached hydrogens (primary N) is 1. The molecular formula is C13H21NO4S. The number of methoxy groups -OCH3 is 1. The first-order valence-electron chi connectivity index (χ1n) is 6.07. The molecule has 0 bridgehead atoms. The average molecular weight is 287 g/mol. The second-order valence-electron chi connectivity index (χ2n) is 4.52. The topological polar surface area (TPSA) is 78.6 Å². The van der Waals surface area contributed by atoms with Crippen LogP contribution >= 0.6 is 0 Å². The number of sulfone groups is 1. The van der Waals surface area contributed by atoms with E-state index in [2.05, 4.69) is 0 Å². The Morgan fingerprint density at radius 3 is 2.58 bits per heavy atom. The van der Waals surface area contributed by atoms with E-state index in [1.54, 1.807) is 13.2 Å². The van der Waals surface area contributed by atoms with E-state index in [4.69, 9.17) is 15.2 Å². The quantitative estimate of drug-likeness (QED) is 0.769. The minimum Gasteiger partial charge on any atom is -0.497 e. The van der Waals surface area contributed by atoms with Gasteiger partial charge in [-0.15, -0.1) is 0 Å². The van der Waals surface area contributed by atoms with Gasteiger partial charge < -0.3 is 15.2 Å². The lowest BCUT2D eigenvalue weighted by Crippen LogP contribution is -2.11. The lowest BCUT2D eigenvalue weighted by atomic mass is 10.1. The standard InChI is InChI=1S/C13H21NO4S/c1-10(14)12-6-5-11(17-2)9-13(12)18-7-4-8-19(3,15)16/h5-6,9-10H,4,7-8,14H2,1-3H3/t10-/m0/s1. The summed E-state index contributed by atoms with van der Waals surface area (Å²) in [4.78, 5) is 0. The zero-order valence-corrected chi connectivity index (χ0v) is 12.4. The van der Waals surface area contributed by atoms with Gasteiger partial charge in [-0.1, -0.05) is 6.07 Å². The van der Waals surface area contributed by atoms with Gasteiger partial charge in [-0.2, -0.15) is 0 Å². The van der Waals surface area contributed by atoms with Gasteiger partial charge in [0.25, 0.3) is 0 Å². The van der Waals surface area contributed by atoms with Crippen molar-refractivity contribution in [3.05, 3.63) is 23.8 Å². The van der Waals surface area contributed by atoms with Crippen LogP contribution in [0.3, 0.4) is 0 Å². The Morgan fingerprint density at radius 2 is 2.05 bits per heavy atom. The summed E-state index contributed by atoms with van der Waals surface area (Å²) in [5, 5.41) is 0. The van der Waals surface area contributed by atoms with Crippen LogP contribution in [0, 0.1) is 0 Å². The molecule has 0 fully saturated rings. The summed E-state index contributed by atoms with van der Waals surface area (Å²) < 4.78 is 32.8. The fourth-order valence-corrected chi connectivity index (χ4v) is 2.29. The van der Waals surface area contributed by atoms with Crippen LogP contribution in [0.2, 0.25) is 0 Å². The van der Waals surface area contributed by atoms with Crippen molar-refractivity contribution in [1.29, 1.82) is 0 Å². The maximum Gasteiger partial charge on any atom is 0.147 e. The van der Waals surface area contributed by atoms with E-state index in [0.717, 1.165) is 5.56 Å². The summed E-state index contributed by atoms with van der Waals surface area (Å²) in [6.45, 7) is 2.20. The van der Waals surface area contributed by atoms with Crippen molar-refractivity contribution in [3.63, 3.8) is 0 Å². The van der Waals surface area contributed by atoms with Gasteiger partial charge in [-0.3, -0.25) is 0 Å². The van der Waals surface area contributed by atoms with E-state index < -0.39 is 9.84 Å². The molecule has 0 saturated heterocycles. The van der Waals surface area contributed by atoms with Crippen LogP contribution in [0.1, 0.15) is 24.9 Å². The van der Waals surface area contributed by atoms with Gasteiger partial charge in [0.05, 0.1) is 19.5 Å². The first kappa shape index (κ1) is 15.8. The molecule has 19 heavy (non-hydrogen) atoms. The number of rotatable bonds is 7. The molecule has 0 saturated carbocycles. The van der Waals surface area contributed by atoms with Crippen LogP contribution in [-0.4, -0.2) is 34.1 Å². The Bertz CT molecular complexity index is 511. The fourth-order valence-electron chi connectivity index (χ4n) is 1.65. The predicted octanol–water partition coefficient (Wildman–Crippen LogP) is 1.53. The number of benzene rings is 1. The first-order valence-corrected chi connectivity index (χ1v) is 8.13. The van der Waals surface area contributed by atoms with Gasteiger partial charge in [0.15, 0.2) is 0 Å². The van der Waals surface area contributed by atoms with Gasteiger partial charge >= 0.3 is 0 Å². The molecule has 0 aliphatic carbocycles. The van der Waals surface area contributed by atoms with Crippen molar-refractivity contribution in [3.8, 4) is 11.5 Å². The second-order valence-corrected chi connectivity index (χ2v) is 6.78. The average Bonchev–Trinajstić information content (AvgIpc) is 2.33. The second kappa shape index (κ2) is 6.77. The van der Waals surface area contributed by atoms with Crippen LogP contribution in [0.25, 0.3) is 0 Å². The Morgan fingerprint density at radius 1 is 1.37 bits per heavy atom. The van der Waals surface area contributed by atoms with Crippen LogP contribution in [0.15, 0.2) is 18.2 Å². The smallest absolute Gasteiger partial charge is 0.147 e. The van der Waals surface area contributed by atoms with Crippen LogP contribution in [-0.2, 0) is 9.84 Å². The molecule has 5 nitrogen and oxygen atoms in total. The van der Waals surface area contributed by atoms with Crippen molar-refractivity contribution < 1.29 is 17.9 Å². The van der Waals surface area contributed by atoms with Crippen molar-refractivity contribution in [2.45, 2.75) is 19.4 Å². The Kier molecular flexibility index (Phi) is 5.62. The summed E-state index contributed by atoms with van der Waals surface area (Å²) in [6.07, 6.45) is 1.67. The van der Waals surface area contributed by atoms with Gasteiger partial charge in [-0.05, 0) is 19.4 Å². The maximum atomic E-state index is 11.0. The lowest BCUT2D eigenvalue weighted by Gasteiger charge is -2.15. The summed E-state index contributed by atoms with van der Waals surface area (Å²) in [5.41, 5.74) is 6.74. The molecule has 1 atom stereocenters. The highest BCUT2D eigenvalue weighted by molar-refractivity contribution is 7.90. The van der Waals surface area contributed by atoms with Crippen LogP contribution in [0.5, 0.6) is 11.5 Å². The molecule has 1 aromatic rings. The summed E-state index contributed by atoms with van der Waals surface area (Å²) >= 11 is 0. The summed E-state index contributed by atoms with van der Waals surface area (Å²) in [6, 6.07) is 5.28. The molecular weight excluding hydrogens is 266 g/mol. The number of hydrogen-bond donors (Lipinski definition) is 1. The molecule has 6 heteroatoms. The molecule has 2 N–H and O–H groups in total. The SMILES string of the molecule is COc1ccc([C@H](C)N)c(OCCCS(C)(=O)=O)c1. The van der Waals surface area contributed by atoms with E-state index in [1.807, 2.05) is 19.1 Å². The molecule has 0 aromatic heterocycles. The van der Waals surface area contributed by atoms with Gasteiger partial charge in [0.1, 0.15) is 21.3 Å². The van der Waals surface area contributed by atoms with E-state index in [-0.39, 0.29) is 11.8 Å². The van der Waals surface area contributed by atoms with Gasteiger partial charge in [0.2, 0.25) is 0 Å². The molecule has 0 amide bonds. The third kappa shape index (κ3) is 5.48. The zero-order valence-electron chi connectivity index (χ0n) is 11.5. The van der Waals surface area contributed by atoms with Gasteiger partial charge in [0, 0.05) is 23.9 Å². The zero-order chi connectivity index (χ0) is 14.5. The normalized spacial score (nSPS) is 13.1. The van der Waals surface area contributed by atoms with E-state index in [0.29, 0.717) is 24.5 Å². The lowest BCUT2D eigenvalue weighted by molar-refractivity contribution is 0.310. The van der Waals surface area contributed by atoms with Crippen molar-refractivity contribution in [1.82, 2.24) is 0 Å². The van der Waals surface area contributed by atoms with Crippen molar-refractivity contribution >= 4 is 9.84 Å². The third-order valence-corrected chi connectivity index (χ3v) is 3.66. The molecule has 0 radical (unpaired) electrons. The molecule has 1 rings (SSSR count). The van der Waals surface area contributed by atoms with E-state index in [9.17, 15) is 8.42 Å². The summed E-state index contributed by atoms with van der Waals surface area (Å²) in [7, 11) is -1.37. The number of ether oxygens (including phenoxy) is 2. The molecule has 0 spiro atoms. The predicted molar refractivity (Wildman–Crippen MR) is 75.4 cm³/mol. The highest BCUT2D eigenvalue weighted by atomic mass is 32.2. The largest absolute Gasteiger partial charge is 0.497 e. The first-order chi connectivity index (χ1) is 8.83. The molecule has 1 aromatic carbocycles. The van der Waals surface area contributed by atoms with Crippen molar-refractivity contribution in [2.24, 2.45) is 5.73 Å². The molecule has 0 unspecified atom stereocenters. The van der Waals surface area contributed by atoms with Crippen LogP contribution in [0.4, 0.5) is 0 Å². The van der Waals surface area contributed by atoms with Crippen LogP contribution < -0.4 is 15.2 Å². The highest BCUT2D eigenvalue weighted by Gasteiger charge is 2.10. The highest BCUT2D eigenvalue weighted by Crippen LogP contribution is 2.28. The minimum absolute atomic E-state index is 0.116. The number of hydrogen-bond acceptors (Lipinski definition) is 5. The Hall–Kier alpha value is -1.27. The van der Waals surface area contributed by atoms with Crippen molar-refractivity contribution in [2.75, 3.05) is 25.7 Å². The third-order valence-electron chi connectivity index (χ3n) is 2.63. The molecule has 0 heterocycles. The maximum absolute atomic E-state index is 11.0. The van der Waals surface area contributed by atoms with Gasteiger partial charge in [-0.25, -0.2) is 8.42 Å². The summed E-state index contributed by atoms with van der Waals surface area (Å²) in [5.74, 6) is 1.44. The van der Waals surface area contributed by atoms with E-state index >= 15 is 0 Å². The fraction of sp³-hybridized carbons (Fsp3) is 0.538. The Balaban J connectivity index is 2.70. The van der Waals surface area contributed by atoms with E-state index in [1.165, 1.54) is 6.26 Å². The minimum atomic E-state index is -2.95.